The topological polar surface area (TPSA) is 102 Å². The fourth-order valence-corrected chi connectivity index (χ4v) is 6.22. The number of hydrogen-bond donors (Lipinski definition) is 2. The first-order valence-electron chi connectivity index (χ1n) is 15.0. The molecule has 7 heteroatoms. The van der Waals surface area contributed by atoms with Crippen LogP contribution in [0.2, 0.25) is 0 Å². The van der Waals surface area contributed by atoms with E-state index >= 15 is 0 Å². The number of benzene rings is 1. The predicted molar refractivity (Wildman–Crippen MR) is 158 cm³/mol. The van der Waals surface area contributed by atoms with Crippen LogP contribution in [0, 0.1) is 24.7 Å². The number of phenols is 1. The number of Topliss-reactive ketones (excluding diaryl/α,β-unsaturated/α-hetero) is 1. The standard InChI is InChI=1S/C34H46O7/c1-8-19(2)32-24(7)30(36)18-34(41-32)17-26-15-25(40-34)13-12-22(5)31(37)21(4)11-9-10-20(3)27-16-29(35)23(6)14-28(27)33(38)39-26/h9-12,14,16,19,21,24-26,31-32,35,37H,8,13,15,17-18H2,1-7H3. The van der Waals surface area contributed by atoms with Crippen LogP contribution in [0.15, 0.2) is 42.0 Å². The molecular formula is C34H46O7. The second kappa shape index (κ2) is 12.6. The summed E-state index contributed by atoms with van der Waals surface area (Å²) in [6.07, 6.45) is 7.88. The maximum atomic E-state index is 13.7. The zero-order valence-electron chi connectivity index (χ0n) is 25.5. The van der Waals surface area contributed by atoms with E-state index in [1.54, 1.807) is 19.1 Å². The molecule has 8 unspecified atom stereocenters. The van der Waals surface area contributed by atoms with Crippen molar-refractivity contribution in [3.8, 4) is 5.75 Å². The van der Waals surface area contributed by atoms with E-state index in [1.165, 1.54) is 0 Å². The molecular weight excluding hydrogens is 520 g/mol. The van der Waals surface area contributed by atoms with Gasteiger partial charge in [0.25, 0.3) is 0 Å². The lowest BCUT2D eigenvalue weighted by molar-refractivity contribution is -0.328. The number of aromatic hydroxyl groups is 1. The molecule has 0 saturated carbocycles. The highest BCUT2D eigenvalue weighted by atomic mass is 16.7. The van der Waals surface area contributed by atoms with Crippen LogP contribution in [0.4, 0.5) is 0 Å². The molecule has 8 atom stereocenters. The molecule has 3 heterocycles. The van der Waals surface area contributed by atoms with E-state index in [4.69, 9.17) is 14.2 Å². The number of fused-ring (bicyclic) bond motifs is 3. The van der Waals surface area contributed by atoms with Crippen molar-refractivity contribution in [1.29, 1.82) is 0 Å². The van der Waals surface area contributed by atoms with Gasteiger partial charge in [0, 0.05) is 24.7 Å². The van der Waals surface area contributed by atoms with Gasteiger partial charge in [0.2, 0.25) is 0 Å². The zero-order chi connectivity index (χ0) is 30.1. The highest BCUT2D eigenvalue weighted by molar-refractivity contribution is 5.96. The molecule has 224 valence electrons. The van der Waals surface area contributed by atoms with Crippen LogP contribution in [-0.2, 0) is 19.0 Å². The van der Waals surface area contributed by atoms with Gasteiger partial charge in [0.15, 0.2) is 5.79 Å². The fraction of sp³-hybridized carbons (Fsp3) is 0.588. The van der Waals surface area contributed by atoms with Gasteiger partial charge in [0.05, 0.1) is 30.3 Å². The van der Waals surface area contributed by atoms with E-state index in [2.05, 4.69) is 13.8 Å². The maximum Gasteiger partial charge on any atom is 0.339 e. The van der Waals surface area contributed by atoms with Gasteiger partial charge in [-0.2, -0.15) is 0 Å². The van der Waals surface area contributed by atoms with E-state index in [0.29, 0.717) is 29.5 Å². The number of ketones is 1. The number of aliphatic hydroxyl groups excluding tert-OH is 1. The Bertz CT molecular complexity index is 1240. The lowest BCUT2D eigenvalue weighted by Crippen LogP contribution is -2.57. The largest absolute Gasteiger partial charge is 0.508 e. The molecule has 1 spiro atoms. The third-order valence-corrected chi connectivity index (χ3v) is 9.13. The molecule has 0 aromatic heterocycles. The average Bonchev–Trinajstić information content (AvgIpc) is 2.93. The molecule has 0 amide bonds. The minimum absolute atomic E-state index is 0.0920. The summed E-state index contributed by atoms with van der Waals surface area (Å²) in [6.45, 7) is 13.6. The Morgan fingerprint density at radius 1 is 1.07 bits per heavy atom. The van der Waals surface area contributed by atoms with Crippen molar-refractivity contribution in [2.45, 2.75) is 111 Å². The highest BCUT2D eigenvalue weighted by Crippen LogP contribution is 2.44. The van der Waals surface area contributed by atoms with E-state index in [0.717, 1.165) is 17.6 Å². The van der Waals surface area contributed by atoms with Gasteiger partial charge in [-0.05, 0) is 67.5 Å². The van der Waals surface area contributed by atoms with Crippen LogP contribution in [0.25, 0.3) is 5.57 Å². The normalized spacial score (nSPS) is 34.0. The van der Waals surface area contributed by atoms with Crippen molar-refractivity contribution in [1.82, 2.24) is 0 Å². The Morgan fingerprint density at radius 2 is 1.80 bits per heavy atom. The lowest BCUT2D eigenvalue weighted by Gasteiger charge is -2.50. The monoisotopic (exact) mass is 566 g/mol. The van der Waals surface area contributed by atoms with Crippen LogP contribution in [-0.4, -0.2) is 52.2 Å². The summed E-state index contributed by atoms with van der Waals surface area (Å²) in [5.74, 6) is -1.72. The quantitative estimate of drug-likeness (QED) is 0.313. The Balaban J connectivity index is 1.77. The van der Waals surface area contributed by atoms with Crippen molar-refractivity contribution in [3.05, 3.63) is 58.7 Å². The van der Waals surface area contributed by atoms with E-state index in [9.17, 15) is 19.8 Å². The summed E-state index contributed by atoms with van der Waals surface area (Å²) in [5.41, 5.74) is 3.11. The van der Waals surface area contributed by atoms with Crippen molar-refractivity contribution in [2.75, 3.05) is 0 Å². The first-order chi connectivity index (χ1) is 19.3. The molecule has 2 saturated heterocycles. The Labute approximate surface area is 244 Å². The van der Waals surface area contributed by atoms with Crippen LogP contribution in [0.1, 0.15) is 95.1 Å². The zero-order valence-corrected chi connectivity index (χ0v) is 25.5. The first-order valence-corrected chi connectivity index (χ1v) is 15.0. The molecule has 0 aliphatic carbocycles. The van der Waals surface area contributed by atoms with Gasteiger partial charge in [-0.3, -0.25) is 4.79 Å². The van der Waals surface area contributed by atoms with Gasteiger partial charge in [0.1, 0.15) is 17.6 Å². The SMILES string of the molecule is CCC(C)C1OC2(CC(=O)C1C)CC1CC(CC=C(C)C(O)C(C)C=CC=C(C)c3cc(O)c(C)cc3C(=O)O1)O2. The Kier molecular flexibility index (Phi) is 9.62. The second-order valence-electron chi connectivity index (χ2n) is 12.4. The number of phenolic OH excluding ortho intramolecular Hbond substituents is 1. The Morgan fingerprint density at radius 3 is 2.51 bits per heavy atom. The van der Waals surface area contributed by atoms with Crippen LogP contribution in [0.3, 0.4) is 0 Å². The van der Waals surface area contributed by atoms with Gasteiger partial charge in [-0.1, -0.05) is 58.4 Å². The number of aliphatic hydroxyl groups is 1. The molecule has 2 fully saturated rings. The number of hydrogen-bond acceptors (Lipinski definition) is 7. The minimum atomic E-state index is -1.18. The predicted octanol–water partition coefficient (Wildman–Crippen LogP) is 6.45. The van der Waals surface area contributed by atoms with Gasteiger partial charge in [-0.25, -0.2) is 4.79 Å². The Hall–Kier alpha value is -2.74. The molecule has 1 aromatic carbocycles. The third-order valence-electron chi connectivity index (χ3n) is 9.13. The van der Waals surface area contributed by atoms with Crippen molar-refractivity contribution in [2.24, 2.45) is 17.8 Å². The van der Waals surface area contributed by atoms with Crippen molar-refractivity contribution in [3.63, 3.8) is 0 Å². The van der Waals surface area contributed by atoms with Crippen LogP contribution < -0.4 is 0 Å². The number of aryl methyl sites for hydroxylation is 1. The number of ether oxygens (including phenoxy) is 3. The number of esters is 1. The molecule has 4 rings (SSSR count). The first kappa shape index (κ1) is 31.2. The summed E-state index contributed by atoms with van der Waals surface area (Å²) in [5, 5.41) is 21.5. The average molecular weight is 567 g/mol. The molecule has 2 N–H and O–H groups in total. The highest BCUT2D eigenvalue weighted by Gasteiger charge is 2.52. The summed E-state index contributed by atoms with van der Waals surface area (Å²) in [7, 11) is 0. The molecule has 0 radical (unpaired) electrons. The number of carbonyl (C=O) groups excluding carboxylic acids is 2. The third kappa shape index (κ3) is 6.85. The summed E-state index contributed by atoms with van der Waals surface area (Å²) < 4.78 is 19.4. The molecule has 2 bridgehead atoms. The number of rotatable bonds is 2. The van der Waals surface area contributed by atoms with Crippen molar-refractivity contribution < 1.29 is 34.0 Å². The van der Waals surface area contributed by atoms with E-state index < -0.39 is 24.0 Å². The van der Waals surface area contributed by atoms with Crippen LogP contribution in [0.5, 0.6) is 5.75 Å². The molecule has 3 aliphatic rings. The summed E-state index contributed by atoms with van der Waals surface area (Å²) in [4.78, 5) is 27.0. The van der Waals surface area contributed by atoms with Gasteiger partial charge < -0.3 is 24.4 Å². The molecule has 41 heavy (non-hydrogen) atoms. The number of carbonyl (C=O) groups is 2. The van der Waals surface area contributed by atoms with Gasteiger partial charge in [-0.15, -0.1) is 0 Å². The van der Waals surface area contributed by atoms with Crippen LogP contribution >= 0.6 is 0 Å². The smallest absolute Gasteiger partial charge is 0.339 e. The minimum Gasteiger partial charge on any atom is -0.508 e. The molecule has 1 aromatic rings. The van der Waals surface area contributed by atoms with Crippen molar-refractivity contribution >= 4 is 17.3 Å². The summed E-state index contributed by atoms with van der Waals surface area (Å²) in [6, 6.07) is 3.25. The summed E-state index contributed by atoms with van der Waals surface area (Å²) >= 11 is 0. The maximum absolute atomic E-state index is 13.7. The van der Waals surface area contributed by atoms with E-state index in [-0.39, 0.29) is 54.3 Å². The lowest BCUT2D eigenvalue weighted by atomic mass is 9.80. The molecule has 7 nitrogen and oxygen atoms in total. The molecule has 3 aliphatic heterocycles. The van der Waals surface area contributed by atoms with Gasteiger partial charge >= 0.3 is 5.97 Å². The van der Waals surface area contributed by atoms with E-state index in [1.807, 2.05) is 52.0 Å². The second-order valence-corrected chi connectivity index (χ2v) is 12.4. The number of allylic oxidation sites excluding steroid dienone is 3. The fourth-order valence-electron chi connectivity index (χ4n) is 6.22.